The van der Waals surface area contributed by atoms with Crippen molar-refractivity contribution in [2.45, 2.75) is 76.0 Å². The van der Waals surface area contributed by atoms with Crippen LogP contribution in [0, 0.1) is 5.92 Å². The van der Waals surface area contributed by atoms with Gasteiger partial charge in [-0.15, -0.1) is 0 Å². The van der Waals surface area contributed by atoms with Crippen LogP contribution in [0.1, 0.15) is 57.8 Å². The normalized spacial score (nSPS) is 29.0. The lowest BCUT2D eigenvalue weighted by molar-refractivity contribution is 0.195. The number of carbonyl (C=O) groups excluding carboxylic acids is 1. The Morgan fingerprint density at radius 3 is 2.15 bits per heavy atom. The number of carbonyl (C=O) groups is 1. The van der Waals surface area contributed by atoms with E-state index in [-0.39, 0.29) is 18.1 Å². The van der Waals surface area contributed by atoms with E-state index in [0.29, 0.717) is 22.9 Å². The first-order valence-corrected chi connectivity index (χ1v) is 13.4. The van der Waals surface area contributed by atoms with E-state index in [9.17, 15) is 9.18 Å². The lowest BCUT2D eigenvalue weighted by Crippen LogP contribution is -2.48. The highest BCUT2D eigenvalue weighted by atomic mass is 35.5. The van der Waals surface area contributed by atoms with Crippen molar-refractivity contribution in [1.82, 2.24) is 15.5 Å². The van der Waals surface area contributed by atoms with Gasteiger partial charge in [0, 0.05) is 38.3 Å². The largest absolute Gasteiger partial charge is 0.368 e. The van der Waals surface area contributed by atoms with Crippen molar-refractivity contribution in [1.29, 1.82) is 0 Å². The van der Waals surface area contributed by atoms with Crippen molar-refractivity contribution in [3.8, 4) is 0 Å². The number of hydrogen-bond donors (Lipinski definition) is 2. The minimum atomic E-state index is -0.688. The molecule has 0 radical (unpaired) electrons. The number of benzene rings is 1. The van der Waals surface area contributed by atoms with Crippen molar-refractivity contribution in [2.75, 3.05) is 37.6 Å². The predicted octanol–water partition coefficient (Wildman–Crippen LogP) is 5.64. The fraction of sp³-hybridized carbons (Fsp3) is 0.720. The van der Waals surface area contributed by atoms with Gasteiger partial charge in [-0.3, -0.25) is 4.90 Å². The van der Waals surface area contributed by atoms with E-state index in [1.54, 1.807) is 0 Å². The second-order valence-electron chi connectivity index (χ2n) is 9.97. The van der Waals surface area contributed by atoms with E-state index in [2.05, 4.69) is 20.4 Å². The molecule has 184 valence electrons. The second-order valence-corrected chi connectivity index (χ2v) is 10.8. The Labute approximate surface area is 207 Å². The monoisotopic (exact) mass is 498 g/mol. The summed E-state index contributed by atoms with van der Waals surface area (Å²) in [5.74, 6) is 0.742. The summed E-state index contributed by atoms with van der Waals surface area (Å²) in [6.45, 7) is 5.17. The van der Waals surface area contributed by atoms with Crippen molar-refractivity contribution in [2.24, 2.45) is 5.92 Å². The van der Waals surface area contributed by atoms with Gasteiger partial charge >= 0.3 is 6.03 Å². The molecule has 1 aromatic rings. The van der Waals surface area contributed by atoms with E-state index in [0.717, 1.165) is 70.0 Å². The van der Waals surface area contributed by atoms with Crippen LogP contribution in [0.3, 0.4) is 0 Å². The minimum Gasteiger partial charge on any atom is -0.368 e. The molecule has 1 aliphatic heterocycles. The molecular formula is C25H37Cl2FN4O. The molecule has 1 saturated heterocycles. The summed E-state index contributed by atoms with van der Waals surface area (Å²) < 4.78 is 13.3. The maximum Gasteiger partial charge on any atom is 0.315 e. The molecule has 0 atom stereocenters. The lowest BCUT2D eigenvalue weighted by Gasteiger charge is -2.37. The van der Waals surface area contributed by atoms with Crippen LogP contribution in [0.2, 0.25) is 10.0 Å². The predicted molar refractivity (Wildman–Crippen MR) is 134 cm³/mol. The van der Waals surface area contributed by atoms with Gasteiger partial charge in [-0.05, 0) is 82.4 Å². The SMILES string of the molecule is O=C(NC1CCC(F)CC1)NC1CCC(CCN2CCN(c3cccc(Cl)c3Cl)CC2)CC1. The smallest absolute Gasteiger partial charge is 0.315 e. The summed E-state index contributed by atoms with van der Waals surface area (Å²) in [7, 11) is 0. The highest BCUT2D eigenvalue weighted by Crippen LogP contribution is 2.33. The van der Waals surface area contributed by atoms with Crippen LogP contribution in [0.5, 0.6) is 0 Å². The van der Waals surface area contributed by atoms with Crippen molar-refractivity contribution < 1.29 is 9.18 Å². The number of anilines is 1. The first-order chi connectivity index (χ1) is 16.0. The van der Waals surface area contributed by atoms with Gasteiger partial charge in [-0.1, -0.05) is 29.3 Å². The molecule has 1 heterocycles. The Morgan fingerprint density at radius 2 is 1.52 bits per heavy atom. The summed E-state index contributed by atoms with van der Waals surface area (Å²) in [5.41, 5.74) is 1.04. The van der Waals surface area contributed by atoms with E-state index in [4.69, 9.17) is 23.2 Å². The number of piperazine rings is 1. The minimum absolute atomic E-state index is 0.0709. The zero-order valence-corrected chi connectivity index (χ0v) is 20.9. The standard InChI is InChI=1S/C25H37Cl2FN4O/c26-22-2-1-3-23(24(22)27)32-16-14-31(15-17-32)13-12-18-4-8-20(9-5-18)29-25(33)30-21-10-6-19(28)7-11-21/h1-3,18-21H,4-17H2,(H2,29,30,33). The molecular weight excluding hydrogens is 462 g/mol. The van der Waals surface area contributed by atoms with Crippen LogP contribution in [0.25, 0.3) is 0 Å². The van der Waals surface area contributed by atoms with Crippen LogP contribution in [0.4, 0.5) is 14.9 Å². The number of hydrogen-bond acceptors (Lipinski definition) is 3. The first-order valence-electron chi connectivity index (χ1n) is 12.6. The maximum absolute atomic E-state index is 13.3. The van der Waals surface area contributed by atoms with Gasteiger partial charge in [0.05, 0.1) is 15.7 Å². The van der Waals surface area contributed by atoms with E-state index in [1.165, 1.54) is 19.3 Å². The van der Waals surface area contributed by atoms with Crippen LogP contribution < -0.4 is 15.5 Å². The van der Waals surface area contributed by atoms with Crippen molar-refractivity contribution >= 4 is 34.9 Å². The highest BCUT2D eigenvalue weighted by molar-refractivity contribution is 6.43. The van der Waals surface area contributed by atoms with E-state index < -0.39 is 6.17 Å². The number of amides is 2. The maximum atomic E-state index is 13.3. The molecule has 0 unspecified atom stereocenters. The Kier molecular flexibility index (Phi) is 9.00. The average Bonchev–Trinajstić information content (AvgIpc) is 2.82. The van der Waals surface area contributed by atoms with E-state index >= 15 is 0 Å². The average molecular weight is 500 g/mol. The van der Waals surface area contributed by atoms with E-state index in [1.807, 2.05) is 18.2 Å². The molecule has 33 heavy (non-hydrogen) atoms. The highest BCUT2D eigenvalue weighted by Gasteiger charge is 2.26. The van der Waals surface area contributed by atoms with Crippen molar-refractivity contribution in [3.63, 3.8) is 0 Å². The van der Waals surface area contributed by atoms with Gasteiger partial charge in [-0.2, -0.15) is 0 Å². The summed E-state index contributed by atoms with van der Waals surface area (Å²) in [5, 5.41) is 7.46. The molecule has 2 amide bonds. The molecule has 1 aromatic carbocycles. The fourth-order valence-electron chi connectivity index (χ4n) is 5.52. The molecule has 2 aliphatic carbocycles. The molecule has 8 heteroatoms. The number of urea groups is 1. The molecule has 0 spiro atoms. The Bertz CT molecular complexity index is 774. The number of nitrogens with one attached hydrogen (secondary N) is 2. The van der Waals surface area contributed by atoms with Crippen molar-refractivity contribution in [3.05, 3.63) is 28.2 Å². The van der Waals surface area contributed by atoms with Crippen LogP contribution in [-0.4, -0.2) is 61.9 Å². The van der Waals surface area contributed by atoms with Crippen LogP contribution >= 0.6 is 23.2 Å². The summed E-state index contributed by atoms with van der Waals surface area (Å²) in [6.07, 6.45) is 7.64. The van der Waals surface area contributed by atoms with Gasteiger partial charge in [0.15, 0.2) is 0 Å². The quantitative estimate of drug-likeness (QED) is 0.532. The topological polar surface area (TPSA) is 47.6 Å². The Hall–Kier alpha value is -1.24. The number of halogens is 3. The summed E-state index contributed by atoms with van der Waals surface area (Å²) in [4.78, 5) is 17.2. The summed E-state index contributed by atoms with van der Waals surface area (Å²) >= 11 is 12.6. The third kappa shape index (κ3) is 7.12. The molecule has 4 rings (SSSR count). The first kappa shape index (κ1) is 24.9. The van der Waals surface area contributed by atoms with Gasteiger partial charge in [-0.25, -0.2) is 9.18 Å². The number of alkyl halides is 1. The third-order valence-corrected chi connectivity index (χ3v) is 8.48. The summed E-state index contributed by atoms with van der Waals surface area (Å²) in [6, 6.07) is 6.16. The van der Waals surface area contributed by atoms with Gasteiger partial charge in [0.2, 0.25) is 0 Å². The molecule has 0 bridgehead atoms. The van der Waals surface area contributed by atoms with Crippen LogP contribution in [-0.2, 0) is 0 Å². The van der Waals surface area contributed by atoms with Gasteiger partial charge in [0.25, 0.3) is 0 Å². The molecule has 2 N–H and O–H groups in total. The molecule has 5 nitrogen and oxygen atoms in total. The number of rotatable bonds is 6. The number of nitrogens with zero attached hydrogens (tertiary/aromatic N) is 2. The Morgan fingerprint density at radius 1 is 0.909 bits per heavy atom. The van der Waals surface area contributed by atoms with Gasteiger partial charge in [0.1, 0.15) is 6.17 Å². The second kappa shape index (κ2) is 11.9. The lowest BCUT2D eigenvalue weighted by atomic mass is 9.84. The molecule has 0 aromatic heterocycles. The molecule has 3 aliphatic rings. The van der Waals surface area contributed by atoms with Crippen LogP contribution in [0.15, 0.2) is 18.2 Å². The Balaban J connectivity index is 1.10. The third-order valence-electron chi connectivity index (χ3n) is 7.67. The zero-order valence-electron chi connectivity index (χ0n) is 19.4. The molecule has 2 saturated carbocycles. The zero-order chi connectivity index (χ0) is 23.2. The fourth-order valence-corrected chi connectivity index (χ4v) is 5.93. The van der Waals surface area contributed by atoms with Gasteiger partial charge < -0.3 is 15.5 Å². The molecule has 3 fully saturated rings.